The smallest absolute Gasteiger partial charge is 0.0482 e. The number of fused-ring (bicyclic) bond motifs is 2. The second-order valence-corrected chi connectivity index (χ2v) is 6.19. The third kappa shape index (κ3) is 2.65. The summed E-state index contributed by atoms with van der Waals surface area (Å²) in [6.45, 7) is 6.47. The van der Waals surface area contributed by atoms with Gasteiger partial charge < -0.3 is 9.13 Å². The minimum atomic E-state index is 1.31. The molecule has 0 aliphatic rings. The van der Waals surface area contributed by atoms with Crippen LogP contribution in [0.25, 0.3) is 21.8 Å². The highest BCUT2D eigenvalue weighted by atomic mass is 14.9. The summed E-state index contributed by atoms with van der Waals surface area (Å²) in [6, 6.07) is 19.1. The molecule has 0 spiro atoms. The van der Waals surface area contributed by atoms with E-state index in [1.165, 1.54) is 38.8 Å². The molecule has 0 unspecified atom stereocenters. The predicted molar refractivity (Wildman–Crippen MR) is 100 cm³/mol. The molecular formula is C21H24N2. The molecule has 0 fully saturated rings. The average Bonchev–Trinajstić information content (AvgIpc) is 2.99. The number of hydrogen-bond acceptors (Lipinski definition) is 0. The van der Waals surface area contributed by atoms with E-state index in [1.807, 2.05) is 0 Å². The first-order chi connectivity index (χ1) is 11.0. The van der Waals surface area contributed by atoms with Gasteiger partial charge in [0.05, 0.1) is 0 Å². The molecule has 118 valence electrons. The largest absolute Gasteiger partial charge is 0.348 e. The molecule has 0 amide bonds. The van der Waals surface area contributed by atoms with Crippen molar-refractivity contribution in [2.45, 2.75) is 20.8 Å². The zero-order valence-electron chi connectivity index (χ0n) is 14.6. The van der Waals surface area contributed by atoms with Gasteiger partial charge in [0.25, 0.3) is 0 Å². The molecule has 2 heteroatoms. The molecule has 0 saturated carbocycles. The van der Waals surface area contributed by atoms with Gasteiger partial charge in [-0.3, -0.25) is 0 Å². The van der Waals surface area contributed by atoms with E-state index >= 15 is 0 Å². The summed E-state index contributed by atoms with van der Waals surface area (Å²) in [6.07, 6.45) is 0. The summed E-state index contributed by atoms with van der Waals surface area (Å²) >= 11 is 0. The third-order valence-electron chi connectivity index (χ3n) is 4.91. The topological polar surface area (TPSA) is 9.86 Å². The number of nitrogens with zero attached hydrogens (tertiary/aromatic N) is 2. The summed E-state index contributed by atoms with van der Waals surface area (Å²) in [5.41, 5.74) is 6.70. The summed E-state index contributed by atoms with van der Waals surface area (Å²) in [7, 11) is 4.21. The fourth-order valence-electron chi connectivity index (χ4n) is 3.14. The summed E-state index contributed by atoms with van der Waals surface area (Å²) in [5, 5.41) is 2.70. The molecule has 0 bridgehead atoms. The minimum Gasteiger partial charge on any atom is -0.348 e. The molecule has 4 aromatic rings. The monoisotopic (exact) mass is 304 g/mol. The Morgan fingerprint density at radius 2 is 1.30 bits per heavy atom. The van der Waals surface area contributed by atoms with E-state index in [4.69, 9.17) is 0 Å². The second kappa shape index (κ2) is 5.96. The van der Waals surface area contributed by atoms with E-state index in [9.17, 15) is 0 Å². The van der Waals surface area contributed by atoms with E-state index in [0.717, 1.165) is 0 Å². The zero-order chi connectivity index (χ0) is 16.6. The number of para-hydroxylation sites is 2. The fourth-order valence-corrected chi connectivity index (χ4v) is 3.14. The van der Waals surface area contributed by atoms with Gasteiger partial charge in [-0.05, 0) is 49.9 Å². The van der Waals surface area contributed by atoms with Crippen LogP contribution in [0.15, 0.2) is 54.6 Å². The molecule has 0 saturated heterocycles. The van der Waals surface area contributed by atoms with Crippen molar-refractivity contribution in [3.05, 3.63) is 71.5 Å². The number of benzene rings is 2. The molecule has 0 aliphatic carbocycles. The number of hydrogen-bond donors (Lipinski definition) is 0. The predicted octanol–water partition coefficient (Wildman–Crippen LogP) is 5.28. The van der Waals surface area contributed by atoms with Gasteiger partial charge in [-0.2, -0.15) is 0 Å². The minimum absolute atomic E-state index is 1.31. The van der Waals surface area contributed by atoms with Gasteiger partial charge in [0.15, 0.2) is 0 Å². The van der Waals surface area contributed by atoms with Crippen molar-refractivity contribution in [3.8, 4) is 0 Å². The highest BCUT2D eigenvalue weighted by molar-refractivity contribution is 5.85. The van der Waals surface area contributed by atoms with Crippen molar-refractivity contribution in [2.75, 3.05) is 0 Å². The third-order valence-corrected chi connectivity index (χ3v) is 4.91. The Hall–Kier alpha value is -2.48. The van der Waals surface area contributed by atoms with Gasteiger partial charge in [-0.15, -0.1) is 0 Å². The highest BCUT2D eigenvalue weighted by Gasteiger charge is 2.05. The Morgan fingerprint density at radius 1 is 0.696 bits per heavy atom. The maximum Gasteiger partial charge on any atom is 0.0482 e. The van der Waals surface area contributed by atoms with E-state index in [2.05, 4.69) is 98.6 Å². The molecule has 0 radical (unpaired) electrons. The average molecular weight is 304 g/mol. The van der Waals surface area contributed by atoms with Gasteiger partial charge in [0, 0.05) is 41.9 Å². The van der Waals surface area contributed by atoms with Crippen LogP contribution >= 0.6 is 0 Å². The second-order valence-electron chi connectivity index (χ2n) is 6.19. The van der Waals surface area contributed by atoms with Crippen LogP contribution < -0.4 is 0 Å². The van der Waals surface area contributed by atoms with Crippen LogP contribution in [0.3, 0.4) is 0 Å². The standard InChI is InChI=1S/C11H13N.C10H11N/c1-8-9(2)12(3)11-7-5-4-6-10(8)11;1-8-7-9-5-3-4-6-10(9)11(8)2/h4-7H,1-3H3;3-7H,1-2H3. The number of rotatable bonds is 0. The Kier molecular flexibility index (Phi) is 3.99. The van der Waals surface area contributed by atoms with Crippen LogP contribution in [-0.2, 0) is 14.1 Å². The lowest BCUT2D eigenvalue weighted by Gasteiger charge is -1.96. The zero-order valence-corrected chi connectivity index (χ0v) is 14.6. The number of aromatic nitrogens is 2. The maximum absolute atomic E-state index is 2.24. The first kappa shape index (κ1) is 15.4. The molecule has 2 heterocycles. The number of aryl methyl sites for hydroxylation is 4. The van der Waals surface area contributed by atoms with Gasteiger partial charge >= 0.3 is 0 Å². The molecule has 2 nitrogen and oxygen atoms in total. The summed E-state index contributed by atoms with van der Waals surface area (Å²) < 4.78 is 4.44. The summed E-state index contributed by atoms with van der Waals surface area (Å²) in [5.74, 6) is 0. The molecule has 0 N–H and O–H groups in total. The van der Waals surface area contributed by atoms with Gasteiger partial charge in [-0.1, -0.05) is 36.4 Å². The quantitative estimate of drug-likeness (QED) is 0.418. The van der Waals surface area contributed by atoms with Crippen LogP contribution in [0.4, 0.5) is 0 Å². The first-order valence-electron chi connectivity index (χ1n) is 8.02. The van der Waals surface area contributed by atoms with Crippen LogP contribution in [0.1, 0.15) is 17.0 Å². The van der Waals surface area contributed by atoms with Gasteiger partial charge in [-0.25, -0.2) is 0 Å². The van der Waals surface area contributed by atoms with Crippen molar-refractivity contribution in [3.63, 3.8) is 0 Å². The van der Waals surface area contributed by atoms with E-state index in [-0.39, 0.29) is 0 Å². The lowest BCUT2D eigenvalue weighted by molar-refractivity contribution is 0.910. The maximum atomic E-state index is 2.24. The Morgan fingerprint density at radius 3 is 1.96 bits per heavy atom. The van der Waals surface area contributed by atoms with Crippen molar-refractivity contribution < 1.29 is 0 Å². The van der Waals surface area contributed by atoms with Crippen LogP contribution in [0, 0.1) is 20.8 Å². The van der Waals surface area contributed by atoms with Crippen molar-refractivity contribution in [1.82, 2.24) is 9.13 Å². The lowest BCUT2D eigenvalue weighted by atomic mass is 10.2. The Balaban J connectivity index is 0.000000136. The van der Waals surface area contributed by atoms with E-state index in [0.29, 0.717) is 0 Å². The molecular weight excluding hydrogens is 280 g/mol. The highest BCUT2D eigenvalue weighted by Crippen LogP contribution is 2.23. The molecule has 2 aromatic heterocycles. The van der Waals surface area contributed by atoms with Crippen molar-refractivity contribution >= 4 is 21.8 Å². The van der Waals surface area contributed by atoms with Crippen LogP contribution in [0.5, 0.6) is 0 Å². The molecule has 23 heavy (non-hydrogen) atoms. The van der Waals surface area contributed by atoms with Gasteiger partial charge in [0.1, 0.15) is 0 Å². The summed E-state index contributed by atoms with van der Waals surface area (Å²) in [4.78, 5) is 0. The molecule has 4 rings (SSSR count). The molecule has 0 atom stereocenters. The Bertz CT molecular complexity index is 931. The molecule has 0 aliphatic heterocycles. The first-order valence-corrected chi connectivity index (χ1v) is 8.02. The lowest BCUT2D eigenvalue weighted by Crippen LogP contribution is -1.89. The fraction of sp³-hybridized carbons (Fsp3) is 0.238. The molecule has 2 aromatic carbocycles. The Labute approximate surface area is 138 Å². The van der Waals surface area contributed by atoms with Crippen LogP contribution in [0.2, 0.25) is 0 Å². The normalized spacial score (nSPS) is 10.8. The van der Waals surface area contributed by atoms with Gasteiger partial charge in [0.2, 0.25) is 0 Å². The van der Waals surface area contributed by atoms with E-state index < -0.39 is 0 Å². The van der Waals surface area contributed by atoms with Crippen molar-refractivity contribution in [2.24, 2.45) is 14.1 Å². The van der Waals surface area contributed by atoms with Crippen molar-refractivity contribution in [1.29, 1.82) is 0 Å². The SMILES string of the molecule is Cc1c(C)n(C)c2ccccc12.Cc1cc2ccccc2n1C. The van der Waals surface area contributed by atoms with Crippen LogP contribution in [-0.4, -0.2) is 9.13 Å². The van der Waals surface area contributed by atoms with E-state index in [1.54, 1.807) is 0 Å².